The van der Waals surface area contributed by atoms with Crippen molar-refractivity contribution >= 4 is 32.7 Å². The largest absolute Gasteiger partial charge is 0.360 e. The van der Waals surface area contributed by atoms with Crippen LogP contribution in [0.25, 0.3) is 10.9 Å². The van der Waals surface area contributed by atoms with Crippen LogP contribution >= 0.6 is 15.9 Å². The second kappa shape index (κ2) is 4.70. The van der Waals surface area contributed by atoms with E-state index in [0.717, 1.165) is 21.8 Å². The summed E-state index contributed by atoms with van der Waals surface area (Å²) in [7, 11) is 0. The van der Waals surface area contributed by atoms with Crippen LogP contribution in [-0.2, 0) is 0 Å². The van der Waals surface area contributed by atoms with E-state index in [-0.39, 0.29) is 5.91 Å². The Labute approximate surface area is 102 Å². The molecule has 0 bridgehead atoms. The lowest BCUT2D eigenvalue weighted by atomic mass is 10.1. The first-order valence-electron chi connectivity index (χ1n) is 5.27. The zero-order chi connectivity index (χ0) is 11.5. The molecule has 84 valence electrons. The SMILES string of the molecule is CCCNC(=O)c1c[nH]c2ccc(Br)cc12. The van der Waals surface area contributed by atoms with E-state index in [1.54, 1.807) is 6.20 Å². The van der Waals surface area contributed by atoms with Gasteiger partial charge in [-0.15, -0.1) is 0 Å². The molecule has 4 heteroatoms. The van der Waals surface area contributed by atoms with Gasteiger partial charge in [0.2, 0.25) is 0 Å². The quantitative estimate of drug-likeness (QED) is 0.892. The molecule has 3 nitrogen and oxygen atoms in total. The molecule has 1 aromatic heterocycles. The van der Waals surface area contributed by atoms with Crippen molar-refractivity contribution in [2.24, 2.45) is 0 Å². The van der Waals surface area contributed by atoms with Gasteiger partial charge in [0.05, 0.1) is 5.56 Å². The number of aromatic amines is 1. The van der Waals surface area contributed by atoms with E-state index in [1.165, 1.54) is 0 Å². The topological polar surface area (TPSA) is 44.9 Å². The second-order valence-corrected chi connectivity index (χ2v) is 4.56. The van der Waals surface area contributed by atoms with Gasteiger partial charge in [-0.3, -0.25) is 4.79 Å². The summed E-state index contributed by atoms with van der Waals surface area (Å²) in [5, 5.41) is 3.82. The van der Waals surface area contributed by atoms with Crippen LogP contribution in [0.4, 0.5) is 0 Å². The summed E-state index contributed by atoms with van der Waals surface area (Å²) >= 11 is 3.41. The molecule has 2 aromatic rings. The normalized spacial score (nSPS) is 10.6. The lowest BCUT2D eigenvalue weighted by molar-refractivity contribution is 0.0955. The summed E-state index contributed by atoms with van der Waals surface area (Å²) in [6.07, 6.45) is 2.69. The molecule has 2 rings (SSSR count). The minimum atomic E-state index is -0.0220. The van der Waals surface area contributed by atoms with Crippen molar-refractivity contribution < 1.29 is 4.79 Å². The molecular weight excluding hydrogens is 268 g/mol. The first-order chi connectivity index (χ1) is 7.72. The fraction of sp³-hybridized carbons (Fsp3) is 0.250. The molecule has 1 aromatic carbocycles. The fourth-order valence-corrected chi connectivity index (χ4v) is 1.98. The van der Waals surface area contributed by atoms with Gasteiger partial charge in [0.1, 0.15) is 0 Å². The van der Waals surface area contributed by atoms with E-state index < -0.39 is 0 Å². The lowest BCUT2D eigenvalue weighted by Gasteiger charge is -2.01. The molecule has 0 spiro atoms. The number of rotatable bonds is 3. The van der Waals surface area contributed by atoms with E-state index in [1.807, 2.05) is 25.1 Å². The van der Waals surface area contributed by atoms with Gasteiger partial charge in [-0.1, -0.05) is 22.9 Å². The van der Waals surface area contributed by atoms with Gasteiger partial charge in [-0.2, -0.15) is 0 Å². The van der Waals surface area contributed by atoms with E-state index in [0.29, 0.717) is 12.1 Å². The average molecular weight is 281 g/mol. The maximum Gasteiger partial charge on any atom is 0.253 e. The highest BCUT2D eigenvalue weighted by Gasteiger charge is 2.11. The third-order valence-electron chi connectivity index (χ3n) is 2.42. The number of benzene rings is 1. The van der Waals surface area contributed by atoms with E-state index in [4.69, 9.17) is 0 Å². The molecule has 0 aliphatic rings. The summed E-state index contributed by atoms with van der Waals surface area (Å²) in [6.45, 7) is 2.74. The maximum absolute atomic E-state index is 11.8. The zero-order valence-corrected chi connectivity index (χ0v) is 10.6. The Hall–Kier alpha value is -1.29. The summed E-state index contributed by atoms with van der Waals surface area (Å²) in [6, 6.07) is 5.86. The summed E-state index contributed by atoms with van der Waals surface area (Å²) in [4.78, 5) is 14.9. The average Bonchev–Trinajstić information content (AvgIpc) is 2.68. The van der Waals surface area contributed by atoms with Gasteiger partial charge in [0, 0.05) is 28.1 Å². The Bertz CT molecular complexity index is 519. The molecule has 0 unspecified atom stereocenters. The Morgan fingerprint density at radius 1 is 1.50 bits per heavy atom. The maximum atomic E-state index is 11.8. The van der Waals surface area contributed by atoms with Crippen LogP contribution in [0.2, 0.25) is 0 Å². The van der Waals surface area contributed by atoms with E-state index >= 15 is 0 Å². The van der Waals surface area contributed by atoms with Crippen molar-refractivity contribution in [2.75, 3.05) is 6.54 Å². The van der Waals surface area contributed by atoms with Gasteiger partial charge in [0.25, 0.3) is 5.91 Å². The third kappa shape index (κ3) is 2.11. The Kier molecular flexibility index (Phi) is 3.29. The van der Waals surface area contributed by atoms with Crippen LogP contribution in [0.3, 0.4) is 0 Å². The first kappa shape index (κ1) is 11.2. The summed E-state index contributed by atoms with van der Waals surface area (Å²) in [5.41, 5.74) is 1.68. The standard InChI is InChI=1S/C12H13BrN2O/c1-2-5-14-12(16)10-7-15-11-4-3-8(13)6-9(10)11/h3-4,6-7,15H,2,5H2,1H3,(H,14,16). The molecule has 16 heavy (non-hydrogen) atoms. The predicted molar refractivity (Wildman–Crippen MR) is 68.6 cm³/mol. The van der Waals surface area contributed by atoms with Gasteiger partial charge >= 0.3 is 0 Å². The monoisotopic (exact) mass is 280 g/mol. The highest BCUT2D eigenvalue weighted by molar-refractivity contribution is 9.10. The number of halogens is 1. The van der Waals surface area contributed by atoms with Crippen LogP contribution in [0.5, 0.6) is 0 Å². The second-order valence-electron chi connectivity index (χ2n) is 3.65. The van der Waals surface area contributed by atoms with Crippen molar-refractivity contribution in [1.29, 1.82) is 0 Å². The molecule has 0 saturated carbocycles. The van der Waals surface area contributed by atoms with Crippen LogP contribution in [-0.4, -0.2) is 17.4 Å². The minimum absolute atomic E-state index is 0.0220. The minimum Gasteiger partial charge on any atom is -0.360 e. The Balaban J connectivity index is 2.37. The molecule has 0 radical (unpaired) electrons. The van der Waals surface area contributed by atoms with Crippen molar-refractivity contribution in [2.45, 2.75) is 13.3 Å². The molecule has 1 heterocycles. The third-order valence-corrected chi connectivity index (χ3v) is 2.92. The van der Waals surface area contributed by atoms with Crippen molar-refractivity contribution in [3.05, 3.63) is 34.4 Å². The summed E-state index contributed by atoms with van der Waals surface area (Å²) in [5.74, 6) is -0.0220. The van der Waals surface area contributed by atoms with Crippen LogP contribution < -0.4 is 5.32 Å². The van der Waals surface area contributed by atoms with Gasteiger partial charge in [-0.05, 0) is 24.6 Å². The molecule has 0 atom stereocenters. The first-order valence-corrected chi connectivity index (χ1v) is 6.06. The number of fused-ring (bicyclic) bond motifs is 1. The van der Waals surface area contributed by atoms with Gasteiger partial charge < -0.3 is 10.3 Å². The number of nitrogens with one attached hydrogen (secondary N) is 2. The predicted octanol–water partition coefficient (Wildman–Crippen LogP) is 3.07. The highest BCUT2D eigenvalue weighted by atomic mass is 79.9. The number of carbonyl (C=O) groups is 1. The molecular formula is C12H13BrN2O. The number of hydrogen-bond acceptors (Lipinski definition) is 1. The van der Waals surface area contributed by atoms with Crippen molar-refractivity contribution in [3.8, 4) is 0 Å². The molecule has 0 aliphatic heterocycles. The van der Waals surface area contributed by atoms with Crippen LogP contribution in [0, 0.1) is 0 Å². The zero-order valence-electron chi connectivity index (χ0n) is 9.01. The van der Waals surface area contributed by atoms with Crippen molar-refractivity contribution in [3.63, 3.8) is 0 Å². The number of H-pyrrole nitrogens is 1. The molecule has 0 fully saturated rings. The smallest absolute Gasteiger partial charge is 0.253 e. The molecule has 2 N–H and O–H groups in total. The van der Waals surface area contributed by atoms with Crippen LogP contribution in [0.1, 0.15) is 23.7 Å². The number of amides is 1. The summed E-state index contributed by atoms with van der Waals surface area (Å²) < 4.78 is 0.976. The Morgan fingerprint density at radius 3 is 3.06 bits per heavy atom. The number of carbonyl (C=O) groups excluding carboxylic acids is 1. The molecule has 1 amide bonds. The van der Waals surface area contributed by atoms with Crippen molar-refractivity contribution in [1.82, 2.24) is 10.3 Å². The highest BCUT2D eigenvalue weighted by Crippen LogP contribution is 2.22. The van der Waals surface area contributed by atoms with Crippen LogP contribution in [0.15, 0.2) is 28.9 Å². The van der Waals surface area contributed by atoms with E-state index in [2.05, 4.69) is 26.2 Å². The number of hydrogen-bond donors (Lipinski definition) is 2. The molecule has 0 saturated heterocycles. The van der Waals surface area contributed by atoms with Gasteiger partial charge in [0.15, 0.2) is 0 Å². The lowest BCUT2D eigenvalue weighted by Crippen LogP contribution is -2.23. The fourth-order valence-electron chi connectivity index (χ4n) is 1.61. The van der Waals surface area contributed by atoms with E-state index in [9.17, 15) is 4.79 Å². The Morgan fingerprint density at radius 2 is 2.31 bits per heavy atom. The molecule has 0 aliphatic carbocycles. The van der Waals surface area contributed by atoms with Gasteiger partial charge in [-0.25, -0.2) is 0 Å². The number of aromatic nitrogens is 1.